The van der Waals surface area contributed by atoms with E-state index in [0.29, 0.717) is 5.01 Å². The predicted molar refractivity (Wildman–Crippen MR) is 71.1 cm³/mol. The van der Waals surface area contributed by atoms with Crippen LogP contribution in [0, 0.1) is 5.82 Å². The van der Waals surface area contributed by atoms with Gasteiger partial charge in [-0.1, -0.05) is 12.1 Å². The van der Waals surface area contributed by atoms with Crippen LogP contribution in [0.25, 0.3) is 20.8 Å². The van der Waals surface area contributed by atoms with Crippen LogP contribution in [-0.2, 0) is 0 Å². The van der Waals surface area contributed by atoms with Crippen LogP contribution in [-0.4, -0.2) is 10.1 Å². The number of halogens is 1. The summed E-state index contributed by atoms with van der Waals surface area (Å²) in [4.78, 5) is 4.34. The van der Waals surface area contributed by atoms with Crippen LogP contribution >= 0.6 is 11.3 Å². The summed E-state index contributed by atoms with van der Waals surface area (Å²) in [6, 6.07) is 9.98. The zero-order chi connectivity index (χ0) is 12.7. The molecule has 0 atom stereocenters. The summed E-state index contributed by atoms with van der Waals surface area (Å²) in [5.74, 6) is -0.616. The number of aromatic hydroxyl groups is 1. The Morgan fingerprint density at radius 2 is 2.00 bits per heavy atom. The van der Waals surface area contributed by atoms with Gasteiger partial charge in [-0.05, 0) is 18.2 Å². The number of thiazole rings is 1. The Labute approximate surface area is 106 Å². The number of nitrogens with zero attached hydrogens (tertiary/aromatic N) is 1. The van der Waals surface area contributed by atoms with Crippen molar-refractivity contribution >= 4 is 27.2 Å². The van der Waals surface area contributed by atoms with Crippen LogP contribution in [0.3, 0.4) is 0 Å². The highest BCUT2D eigenvalue weighted by Gasteiger charge is 2.13. The highest BCUT2D eigenvalue weighted by atomic mass is 32.1. The van der Waals surface area contributed by atoms with Crippen LogP contribution in [0.5, 0.6) is 5.75 Å². The molecule has 0 saturated carbocycles. The topological polar surface area (TPSA) is 59.1 Å². The largest absolute Gasteiger partial charge is 0.506 e. The molecule has 0 amide bonds. The number of nitrogens with two attached hydrogens (primary N) is 1. The third-order valence-electron chi connectivity index (χ3n) is 2.64. The Kier molecular flexibility index (Phi) is 2.41. The van der Waals surface area contributed by atoms with E-state index < -0.39 is 5.82 Å². The average Bonchev–Trinajstić information content (AvgIpc) is 2.77. The van der Waals surface area contributed by atoms with E-state index in [0.717, 1.165) is 16.3 Å². The Hall–Kier alpha value is -2.14. The van der Waals surface area contributed by atoms with E-state index in [1.54, 1.807) is 0 Å². The van der Waals surface area contributed by atoms with Crippen molar-refractivity contribution in [2.45, 2.75) is 0 Å². The summed E-state index contributed by atoms with van der Waals surface area (Å²) < 4.78 is 14.8. The Morgan fingerprint density at radius 1 is 1.22 bits per heavy atom. The van der Waals surface area contributed by atoms with E-state index in [1.807, 2.05) is 24.3 Å². The van der Waals surface area contributed by atoms with Crippen molar-refractivity contribution in [3.8, 4) is 16.3 Å². The van der Waals surface area contributed by atoms with Crippen LogP contribution in [0.1, 0.15) is 0 Å². The molecule has 0 aliphatic carbocycles. The van der Waals surface area contributed by atoms with E-state index in [-0.39, 0.29) is 17.0 Å². The number of benzene rings is 2. The van der Waals surface area contributed by atoms with Crippen molar-refractivity contribution < 1.29 is 9.50 Å². The molecule has 3 aromatic rings. The minimum Gasteiger partial charge on any atom is -0.506 e. The molecule has 0 spiro atoms. The minimum atomic E-state index is -0.482. The third-order valence-corrected chi connectivity index (χ3v) is 3.71. The molecule has 0 aliphatic heterocycles. The molecule has 0 unspecified atom stereocenters. The second-order valence-electron chi connectivity index (χ2n) is 3.88. The van der Waals surface area contributed by atoms with Gasteiger partial charge in [-0.25, -0.2) is 9.37 Å². The molecule has 0 saturated heterocycles. The van der Waals surface area contributed by atoms with Gasteiger partial charge in [-0.3, -0.25) is 0 Å². The Balaban J connectivity index is 2.22. The SMILES string of the molecule is Nc1cc(F)c(-c2nc3ccccc3s2)cc1O. The van der Waals surface area contributed by atoms with Gasteiger partial charge >= 0.3 is 0 Å². The van der Waals surface area contributed by atoms with E-state index in [9.17, 15) is 9.50 Å². The number of aromatic nitrogens is 1. The zero-order valence-corrected chi connectivity index (χ0v) is 10.0. The van der Waals surface area contributed by atoms with Gasteiger partial charge < -0.3 is 10.8 Å². The smallest absolute Gasteiger partial charge is 0.139 e. The minimum absolute atomic E-state index is 0.0253. The summed E-state index contributed by atoms with van der Waals surface area (Å²) >= 11 is 1.38. The zero-order valence-electron chi connectivity index (χ0n) is 9.22. The Morgan fingerprint density at radius 3 is 2.78 bits per heavy atom. The van der Waals surface area contributed by atoms with Crippen LogP contribution < -0.4 is 5.73 Å². The monoisotopic (exact) mass is 260 g/mol. The lowest BCUT2D eigenvalue weighted by atomic mass is 10.2. The van der Waals surface area contributed by atoms with Gasteiger partial charge in [0, 0.05) is 6.07 Å². The number of hydrogen-bond acceptors (Lipinski definition) is 4. The number of anilines is 1. The molecule has 18 heavy (non-hydrogen) atoms. The van der Waals surface area contributed by atoms with Gasteiger partial charge in [-0.15, -0.1) is 11.3 Å². The molecule has 3 N–H and O–H groups in total. The molecule has 3 rings (SSSR count). The molecule has 0 aliphatic rings. The van der Waals surface area contributed by atoms with Gasteiger partial charge in [-0.2, -0.15) is 0 Å². The van der Waals surface area contributed by atoms with Crippen molar-refractivity contribution in [2.75, 3.05) is 5.73 Å². The van der Waals surface area contributed by atoms with E-state index in [4.69, 9.17) is 5.73 Å². The first-order chi connectivity index (χ1) is 8.65. The number of phenolic OH excluding ortho intramolecular Hbond substituents is 1. The predicted octanol–water partition coefficient (Wildman–Crippen LogP) is 3.39. The number of hydrogen-bond donors (Lipinski definition) is 2. The standard InChI is InChI=1S/C13H9FN2OS/c14-8-6-9(15)11(17)5-7(8)13-16-10-3-1-2-4-12(10)18-13/h1-6,17H,15H2. The van der Waals surface area contributed by atoms with Crippen molar-refractivity contribution in [3.05, 3.63) is 42.2 Å². The van der Waals surface area contributed by atoms with Crippen molar-refractivity contribution in [1.82, 2.24) is 4.98 Å². The number of fused-ring (bicyclic) bond motifs is 1. The molecule has 90 valence electrons. The lowest BCUT2D eigenvalue weighted by Gasteiger charge is -2.03. The summed E-state index contributed by atoms with van der Waals surface area (Å²) in [5, 5.41) is 10.1. The van der Waals surface area contributed by atoms with Gasteiger partial charge in [0.2, 0.25) is 0 Å². The normalized spacial score (nSPS) is 10.9. The summed E-state index contributed by atoms with van der Waals surface area (Å²) in [7, 11) is 0. The molecule has 5 heteroatoms. The first-order valence-corrected chi connectivity index (χ1v) is 6.11. The number of phenols is 1. The first-order valence-electron chi connectivity index (χ1n) is 5.29. The van der Waals surface area contributed by atoms with Crippen molar-refractivity contribution in [3.63, 3.8) is 0 Å². The molecular formula is C13H9FN2OS. The molecule has 0 radical (unpaired) electrons. The van der Waals surface area contributed by atoms with Gasteiger partial charge in [0.05, 0.1) is 21.5 Å². The highest BCUT2D eigenvalue weighted by Crippen LogP contribution is 2.35. The van der Waals surface area contributed by atoms with Gasteiger partial charge in [0.15, 0.2) is 0 Å². The molecule has 0 bridgehead atoms. The second kappa shape index (κ2) is 3.96. The molecular weight excluding hydrogens is 251 g/mol. The van der Waals surface area contributed by atoms with E-state index in [2.05, 4.69) is 4.98 Å². The maximum Gasteiger partial charge on any atom is 0.139 e. The van der Waals surface area contributed by atoms with Crippen LogP contribution in [0.4, 0.5) is 10.1 Å². The molecule has 2 aromatic carbocycles. The number of nitrogen functional groups attached to an aromatic ring is 1. The van der Waals surface area contributed by atoms with Crippen LogP contribution in [0.2, 0.25) is 0 Å². The third kappa shape index (κ3) is 1.69. The number of rotatable bonds is 1. The molecule has 0 fully saturated rings. The fourth-order valence-electron chi connectivity index (χ4n) is 1.73. The molecule has 3 nitrogen and oxygen atoms in total. The van der Waals surface area contributed by atoms with E-state index >= 15 is 0 Å². The quantitative estimate of drug-likeness (QED) is 0.521. The summed E-state index contributed by atoms with van der Waals surface area (Å²) in [5.41, 5.74) is 6.54. The maximum absolute atomic E-state index is 13.8. The van der Waals surface area contributed by atoms with Crippen molar-refractivity contribution in [1.29, 1.82) is 0 Å². The highest BCUT2D eigenvalue weighted by molar-refractivity contribution is 7.21. The summed E-state index contributed by atoms with van der Waals surface area (Å²) in [6.07, 6.45) is 0. The second-order valence-corrected chi connectivity index (χ2v) is 4.91. The van der Waals surface area contributed by atoms with E-state index in [1.165, 1.54) is 17.4 Å². The Bertz CT molecular complexity index is 706. The van der Waals surface area contributed by atoms with Gasteiger partial charge in [0.25, 0.3) is 0 Å². The average molecular weight is 260 g/mol. The molecule has 1 heterocycles. The van der Waals surface area contributed by atoms with Crippen molar-refractivity contribution in [2.24, 2.45) is 0 Å². The maximum atomic E-state index is 13.8. The first kappa shape index (κ1) is 11.0. The lowest BCUT2D eigenvalue weighted by Crippen LogP contribution is -1.90. The fourth-order valence-corrected chi connectivity index (χ4v) is 2.71. The van der Waals surface area contributed by atoms with Gasteiger partial charge in [0.1, 0.15) is 16.6 Å². The number of para-hydroxylation sites is 1. The van der Waals surface area contributed by atoms with Crippen LogP contribution in [0.15, 0.2) is 36.4 Å². The summed E-state index contributed by atoms with van der Waals surface area (Å²) in [6.45, 7) is 0. The molecule has 1 aromatic heterocycles. The fraction of sp³-hybridized carbons (Fsp3) is 0. The lowest BCUT2D eigenvalue weighted by molar-refractivity contribution is 0.476.